The molecule has 1 spiro atoms. The zero-order chi connectivity index (χ0) is 15.9. The number of amides is 1. The Morgan fingerprint density at radius 1 is 1.26 bits per heavy atom. The molecule has 1 aromatic rings. The third-order valence-corrected chi connectivity index (χ3v) is 5.63. The zero-order valence-corrected chi connectivity index (χ0v) is 13.6. The van der Waals surface area contributed by atoms with E-state index in [0.717, 1.165) is 38.4 Å². The van der Waals surface area contributed by atoms with Crippen LogP contribution in [0, 0.1) is 5.92 Å². The van der Waals surface area contributed by atoms with Crippen molar-refractivity contribution < 1.29 is 9.53 Å². The predicted molar refractivity (Wildman–Crippen MR) is 86.1 cm³/mol. The Labute approximate surface area is 136 Å². The first-order valence-electron chi connectivity index (χ1n) is 8.63. The smallest absolute Gasteiger partial charge is 0.248 e. The predicted octanol–water partition coefficient (Wildman–Crippen LogP) is 1.47. The second kappa shape index (κ2) is 5.74. The van der Waals surface area contributed by atoms with Gasteiger partial charge in [0.25, 0.3) is 0 Å². The zero-order valence-electron chi connectivity index (χ0n) is 13.6. The first-order valence-corrected chi connectivity index (χ1v) is 8.63. The van der Waals surface area contributed by atoms with Crippen molar-refractivity contribution in [3.63, 3.8) is 0 Å². The molecule has 1 atom stereocenters. The molecule has 3 heterocycles. The molecule has 0 unspecified atom stereocenters. The summed E-state index contributed by atoms with van der Waals surface area (Å²) < 4.78 is 6.09. The van der Waals surface area contributed by atoms with Crippen molar-refractivity contribution in [3.05, 3.63) is 18.5 Å². The highest BCUT2D eigenvalue weighted by molar-refractivity contribution is 5.79. The Bertz CT molecular complexity index is 567. The number of piperidine rings is 1. The lowest BCUT2D eigenvalue weighted by atomic mass is 9.82. The molecule has 6 heteroatoms. The third-order valence-electron chi connectivity index (χ3n) is 5.63. The average Bonchev–Trinajstić information content (AvgIpc) is 3.41. The number of carbonyl (C=O) groups excluding carboxylic acids is 1. The van der Waals surface area contributed by atoms with E-state index in [1.165, 1.54) is 12.8 Å². The SMILES string of the molecule is C[C@@H]1N(CC2CC2)C(=O)COC12CCN(c1ncccn1)CC2. The first kappa shape index (κ1) is 14.9. The van der Waals surface area contributed by atoms with Gasteiger partial charge in [-0.05, 0) is 44.6 Å². The molecule has 2 saturated heterocycles. The minimum Gasteiger partial charge on any atom is -0.363 e. The van der Waals surface area contributed by atoms with Crippen molar-refractivity contribution in [1.82, 2.24) is 14.9 Å². The molecule has 1 aliphatic carbocycles. The van der Waals surface area contributed by atoms with E-state index >= 15 is 0 Å². The number of rotatable bonds is 3. The maximum atomic E-state index is 12.3. The Hall–Kier alpha value is -1.69. The van der Waals surface area contributed by atoms with Gasteiger partial charge in [-0.15, -0.1) is 0 Å². The normalized spacial score (nSPS) is 27.5. The number of aromatic nitrogens is 2. The van der Waals surface area contributed by atoms with E-state index in [1.54, 1.807) is 12.4 Å². The maximum Gasteiger partial charge on any atom is 0.248 e. The Kier molecular flexibility index (Phi) is 3.71. The van der Waals surface area contributed by atoms with Crippen LogP contribution in [0.1, 0.15) is 32.6 Å². The van der Waals surface area contributed by atoms with Crippen LogP contribution < -0.4 is 4.90 Å². The fourth-order valence-corrected chi connectivity index (χ4v) is 3.85. The highest BCUT2D eigenvalue weighted by Gasteiger charge is 2.49. The lowest BCUT2D eigenvalue weighted by molar-refractivity contribution is -0.181. The van der Waals surface area contributed by atoms with Crippen molar-refractivity contribution >= 4 is 11.9 Å². The van der Waals surface area contributed by atoms with E-state index in [-0.39, 0.29) is 24.2 Å². The Morgan fingerprint density at radius 3 is 2.61 bits per heavy atom. The highest BCUT2D eigenvalue weighted by Crippen LogP contribution is 2.38. The van der Waals surface area contributed by atoms with Crippen LogP contribution in [0.5, 0.6) is 0 Å². The second-order valence-corrected chi connectivity index (χ2v) is 7.05. The van der Waals surface area contributed by atoms with Gasteiger partial charge in [0, 0.05) is 32.0 Å². The van der Waals surface area contributed by atoms with Gasteiger partial charge in [-0.1, -0.05) is 0 Å². The summed E-state index contributed by atoms with van der Waals surface area (Å²) >= 11 is 0. The summed E-state index contributed by atoms with van der Waals surface area (Å²) in [7, 11) is 0. The van der Waals surface area contributed by atoms with E-state index in [0.29, 0.717) is 5.92 Å². The fourth-order valence-electron chi connectivity index (χ4n) is 3.85. The van der Waals surface area contributed by atoms with Gasteiger partial charge >= 0.3 is 0 Å². The van der Waals surface area contributed by atoms with Crippen LogP contribution in [0.2, 0.25) is 0 Å². The second-order valence-electron chi connectivity index (χ2n) is 7.05. The standard InChI is InChI=1S/C17H24N4O2/c1-13-17(23-12-15(22)21(13)11-14-3-4-14)5-9-20(10-6-17)16-18-7-2-8-19-16/h2,7-8,13-14H,3-6,9-12H2,1H3/t13-/m0/s1. The van der Waals surface area contributed by atoms with Crippen molar-refractivity contribution in [3.8, 4) is 0 Å². The van der Waals surface area contributed by atoms with Gasteiger partial charge in [-0.25, -0.2) is 9.97 Å². The summed E-state index contributed by atoms with van der Waals surface area (Å²) in [5, 5.41) is 0. The molecular weight excluding hydrogens is 292 g/mol. The van der Waals surface area contributed by atoms with Crippen LogP contribution in [0.3, 0.4) is 0 Å². The number of carbonyl (C=O) groups is 1. The van der Waals surface area contributed by atoms with Crippen molar-refractivity contribution in [2.24, 2.45) is 5.92 Å². The monoisotopic (exact) mass is 316 g/mol. The van der Waals surface area contributed by atoms with Crippen LogP contribution in [-0.4, -0.2) is 58.7 Å². The van der Waals surface area contributed by atoms with Crippen LogP contribution in [-0.2, 0) is 9.53 Å². The van der Waals surface area contributed by atoms with E-state index in [2.05, 4.69) is 26.7 Å². The minimum absolute atomic E-state index is 0.156. The highest BCUT2D eigenvalue weighted by atomic mass is 16.5. The average molecular weight is 316 g/mol. The molecule has 0 aromatic carbocycles. The van der Waals surface area contributed by atoms with E-state index in [9.17, 15) is 4.79 Å². The van der Waals surface area contributed by atoms with Crippen LogP contribution >= 0.6 is 0 Å². The summed E-state index contributed by atoms with van der Waals surface area (Å²) in [6.07, 6.45) is 7.93. The lowest BCUT2D eigenvalue weighted by Gasteiger charge is -2.51. The molecule has 23 heavy (non-hydrogen) atoms. The summed E-state index contributed by atoms with van der Waals surface area (Å²) in [4.78, 5) is 25.2. The van der Waals surface area contributed by atoms with Gasteiger partial charge in [0.05, 0.1) is 11.6 Å². The number of ether oxygens (including phenoxy) is 1. The van der Waals surface area contributed by atoms with Gasteiger partial charge in [-0.3, -0.25) is 4.79 Å². The molecule has 1 saturated carbocycles. The molecular formula is C17H24N4O2. The first-order chi connectivity index (χ1) is 11.2. The van der Waals surface area contributed by atoms with Crippen molar-refractivity contribution in [1.29, 1.82) is 0 Å². The molecule has 2 aliphatic heterocycles. The van der Waals surface area contributed by atoms with Crippen LogP contribution in [0.25, 0.3) is 0 Å². The molecule has 0 radical (unpaired) electrons. The Balaban J connectivity index is 1.45. The van der Waals surface area contributed by atoms with Gasteiger partial charge in [0.2, 0.25) is 11.9 Å². The van der Waals surface area contributed by atoms with Gasteiger partial charge in [0.15, 0.2) is 0 Å². The number of nitrogens with zero attached hydrogens (tertiary/aromatic N) is 4. The van der Waals surface area contributed by atoms with Gasteiger partial charge in [-0.2, -0.15) is 0 Å². The molecule has 3 aliphatic rings. The summed E-state index contributed by atoms with van der Waals surface area (Å²) in [6.45, 7) is 5.06. The van der Waals surface area contributed by atoms with Crippen LogP contribution in [0.4, 0.5) is 5.95 Å². The number of morpholine rings is 1. The van der Waals surface area contributed by atoms with E-state index in [4.69, 9.17) is 4.74 Å². The summed E-state index contributed by atoms with van der Waals surface area (Å²) in [5.74, 6) is 1.66. The largest absolute Gasteiger partial charge is 0.363 e. The lowest BCUT2D eigenvalue weighted by Crippen LogP contribution is -2.64. The molecule has 0 bridgehead atoms. The van der Waals surface area contributed by atoms with Crippen molar-refractivity contribution in [2.45, 2.75) is 44.2 Å². The number of hydrogen-bond acceptors (Lipinski definition) is 5. The minimum atomic E-state index is -0.200. The molecule has 0 N–H and O–H groups in total. The van der Waals surface area contributed by atoms with Crippen LogP contribution in [0.15, 0.2) is 18.5 Å². The van der Waals surface area contributed by atoms with E-state index < -0.39 is 0 Å². The number of hydrogen-bond donors (Lipinski definition) is 0. The van der Waals surface area contributed by atoms with Gasteiger partial charge in [0.1, 0.15) is 6.61 Å². The molecule has 4 rings (SSSR count). The number of anilines is 1. The summed E-state index contributed by atoms with van der Waals surface area (Å²) in [5.41, 5.74) is -0.200. The molecule has 3 fully saturated rings. The topological polar surface area (TPSA) is 58.6 Å². The fraction of sp³-hybridized carbons (Fsp3) is 0.706. The molecule has 1 aromatic heterocycles. The molecule has 124 valence electrons. The molecule has 6 nitrogen and oxygen atoms in total. The van der Waals surface area contributed by atoms with E-state index in [1.807, 2.05) is 6.07 Å². The summed E-state index contributed by atoms with van der Waals surface area (Å²) in [6, 6.07) is 1.99. The van der Waals surface area contributed by atoms with Crippen molar-refractivity contribution in [2.75, 3.05) is 31.1 Å². The maximum absolute atomic E-state index is 12.3. The van der Waals surface area contributed by atoms with Gasteiger partial charge < -0.3 is 14.5 Å². The Morgan fingerprint density at radius 2 is 1.96 bits per heavy atom. The third kappa shape index (κ3) is 2.80. The quantitative estimate of drug-likeness (QED) is 0.845. The molecule has 1 amide bonds.